The summed E-state index contributed by atoms with van der Waals surface area (Å²) in [4.78, 5) is 14.5. The molecule has 0 aliphatic carbocycles. The van der Waals surface area contributed by atoms with Crippen molar-refractivity contribution in [1.29, 1.82) is 0 Å². The Balaban J connectivity index is 1.66. The van der Waals surface area contributed by atoms with E-state index < -0.39 is 0 Å². The Morgan fingerprint density at radius 2 is 1.95 bits per heavy atom. The Hall–Kier alpha value is -1.75. The summed E-state index contributed by atoms with van der Waals surface area (Å²) in [5.74, 6) is 1.49. The van der Waals surface area contributed by atoms with E-state index in [0.29, 0.717) is 30.6 Å². The van der Waals surface area contributed by atoms with Gasteiger partial charge in [0.25, 0.3) is 5.91 Å². The molecular weight excluding hydrogens is 268 g/mol. The molecule has 1 aromatic rings. The number of piperidine rings is 1. The maximum absolute atomic E-state index is 12.6. The molecule has 5 heteroatoms. The zero-order valence-corrected chi connectivity index (χ0v) is 12.4. The molecule has 0 unspecified atom stereocenters. The van der Waals surface area contributed by atoms with Crippen molar-refractivity contribution in [3.63, 3.8) is 0 Å². The topological polar surface area (TPSA) is 50.8 Å². The predicted molar refractivity (Wildman–Crippen MR) is 80.0 cm³/mol. The van der Waals surface area contributed by atoms with Crippen LogP contribution in [-0.2, 0) is 0 Å². The minimum absolute atomic E-state index is 0.0851. The maximum Gasteiger partial charge on any atom is 0.253 e. The van der Waals surface area contributed by atoms with Gasteiger partial charge in [0.05, 0.1) is 0 Å². The summed E-state index contributed by atoms with van der Waals surface area (Å²) in [7, 11) is 0. The SMILES string of the molecule is CCNC1CCN(C(=O)c2ccc3c(c2)OCCO3)CC1. The van der Waals surface area contributed by atoms with Crippen LogP contribution >= 0.6 is 0 Å². The summed E-state index contributed by atoms with van der Waals surface area (Å²) in [6, 6.07) is 5.99. The molecule has 0 bridgehead atoms. The van der Waals surface area contributed by atoms with Crippen LogP contribution < -0.4 is 14.8 Å². The van der Waals surface area contributed by atoms with Gasteiger partial charge in [-0.3, -0.25) is 4.79 Å². The van der Waals surface area contributed by atoms with Gasteiger partial charge in [-0.1, -0.05) is 6.92 Å². The molecule has 1 aromatic carbocycles. The van der Waals surface area contributed by atoms with Crippen LogP contribution in [0.4, 0.5) is 0 Å². The molecule has 5 nitrogen and oxygen atoms in total. The molecule has 2 aliphatic rings. The van der Waals surface area contributed by atoms with E-state index in [0.717, 1.165) is 38.2 Å². The smallest absolute Gasteiger partial charge is 0.253 e. The summed E-state index contributed by atoms with van der Waals surface area (Å²) >= 11 is 0. The van der Waals surface area contributed by atoms with Gasteiger partial charge in [-0.2, -0.15) is 0 Å². The first-order chi connectivity index (χ1) is 10.3. The second-order valence-corrected chi connectivity index (χ2v) is 5.48. The van der Waals surface area contributed by atoms with Crippen LogP contribution in [0.5, 0.6) is 11.5 Å². The van der Waals surface area contributed by atoms with E-state index >= 15 is 0 Å². The molecule has 1 saturated heterocycles. The van der Waals surface area contributed by atoms with Gasteiger partial charge in [0.2, 0.25) is 0 Å². The van der Waals surface area contributed by atoms with Gasteiger partial charge in [-0.05, 0) is 37.6 Å². The maximum atomic E-state index is 12.6. The molecule has 0 spiro atoms. The number of nitrogens with one attached hydrogen (secondary N) is 1. The van der Waals surface area contributed by atoms with Crippen molar-refractivity contribution in [3.8, 4) is 11.5 Å². The van der Waals surface area contributed by atoms with Crippen LogP contribution in [0, 0.1) is 0 Å². The summed E-state index contributed by atoms with van der Waals surface area (Å²) in [5, 5.41) is 3.45. The van der Waals surface area contributed by atoms with Crippen molar-refractivity contribution >= 4 is 5.91 Å². The zero-order chi connectivity index (χ0) is 14.7. The van der Waals surface area contributed by atoms with Crippen LogP contribution in [0.3, 0.4) is 0 Å². The van der Waals surface area contributed by atoms with Crippen molar-refractivity contribution in [2.24, 2.45) is 0 Å². The fourth-order valence-electron chi connectivity index (χ4n) is 2.93. The molecule has 1 N–H and O–H groups in total. The number of amides is 1. The fourth-order valence-corrected chi connectivity index (χ4v) is 2.93. The van der Waals surface area contributed by atoms with Crippen LogP contribution in [-0.4, -0.2) is 49.7 Å². The van der Waals surface area contributed by atoms with Gasteiger partial charge in [-0.15, -0.1) is 0 Å². The highest BCUT2D eigenvalue weighted by Gasteiger charge is 2.24. The third-order valence-electron chi connectivity index (χ3n) is 4.06. The number of benzene rings is 1. The van der Waals surface area contributed by atoms with Gasteiger partial charge in [0.1, 0.15) is 13.2 Å². The molecule has 1 amide bonds. The third kappa shape index (κ3) is 3.13. The zero-order valence-electron chi connectivity index (χ0n) is 12.4. The lowest BCUT2D eigenvalue weighted by molar-refractivity contribution is 0.0704. The first-order valence-electron chi connectivity index (χ1n) is 7.70. The summed E-state index contributed by atoms with van der Waals surface area (Å²) in [6.07, 6.45) is 2.04. The van der Waals surface area contributed by atoms with E-state index in [1.165, 1.54) is 0 Å². The van der Waals surface area contributed by atoms with Crippen LogP contribution in [0.25, 0.3) is 0 Å². The average molecular weight is 290 g/mol. The molecule has 0 saturated carbocycles. The predicted octanol–water partition coefficient (Wildman–Crippen LogP) is 1.67. The number of hydrogen-bond donors (Lipinski definition) is 1. The molecule has 2 aliphatic heterocycles. The molecule has 21 heavy (non-hydrogen) atoms. The highest BCUT2D eigenvalue weighted by molar-refractivity contribution is 5.95. The number of ether oxygens (including phenoxy) is 2. The summed E-state index contributed by atoms with van der Waals surface area (Å²) in [5.41, 5.74) is 0.682. The molecular formula is C16H22N2O3. The van der Waals surface area contributed by atoms with Gasteiger partial charge < -0.3 is 19.7 Å². The van der Waals surface area contributed by atoms with Gasteiger partial charge in [-0.25, -0.2) is 0 Å². The Kier molecular flexibility index (Phi) is 4.29. The average Bonchev–Trinajstić information content (AvgIpc) is 2.55. The summed E-state index contributed by atoms with van der Waals surface area (Å²) < 4.78 is 11.0. The molecule has 1 fully saturated rings. The number of nitrogens with zero attached hydrogens (tertiary/aromatic N) is 1. The molecule has 0 radical (unpaired) electrons. The Morgan fingerprint density at radius 1 is 1.24 bits per heavy atom. The van der Waals surface area contributed by atoms with E-state index in [2.05, 4.69) is 12.2 Å². The first-order valence-corrected chi connectivity index (χ1v) is 7.70. The van der Waals surface area contributed by atoms with E-state index in [1.807, 2.05) is 17.0 Å². The lowest BCUT2D eigenvalue weighted by Gasteiger charge is -2.32. The fraction of sp³-hybridized carbons (Fsp3) is 0.562. The second-order valence-electron chi connectivity index (χ2n) is 5.48. The van der Waals surface area contributed by atoms with Crippen molar-refractivity contribution in [3.05, 3.63) is 23.8 Å². The minimum Gasteiger partial charge on any atom is -0.486 e. The monoisotopic (exact) mass is 290 g/mol. The Bertz CT molecular complexity index is 510. The highest BCUT2D eigenvalue weighted by Crippen LogP contribution is 2.31. The number of fused-ring (bicyclic) bond motifs is 1. The van der Waals surface area contributed by atoms with Crippen molar-refractivity contribution in [2.45, 2.75) is 25.8 Å². The normalized spacial score (nSPS) is 18.6. The largest absolute Gasteiger partial charge is 0.486 e. The van der Waals surface area contributed by atoms with Gasteiger partial charge >= 0.3 is 0 Å². The highest BCUT2D eigenvalue weighted by atomic mass is 16.6. The lowest BCUT2D eigenvalue weighted by atomic mass is 10.0. The summed E-state index contributed by atoms with van der Waals surface area (Å²) in [6.45, 7) is 5.83. The van der Waals surface area contributed by atoms with Gasteiger partial charge in [0.15, 0.2) is 11.5 Å². The van der Waals surface area contributed by atoms with Crippen molar-refractivity contribution < 1.29 is 14.3 Å². The number of hydrogen-bond acceptors (Lipinski definition) is 4. The Morgan fingerprint density at radius 3 is 2.67 bits per heavy atom. The molecule has 0 aromatic heterocycles. The van der Waals surface area contributed by atoms with Crippen molar-refractivity contribution in [2.75, 3.05) is 32.8 Å². The van der Waals surface area contributed by atoms with Crippen LogP contribution in [0.1, 0.15) is 30.1 Å². The number of rotatable bonds is 3. The molecule has 3 rings (SSSR count). The second kappa shape index (κ2) is 6.35. The number of likely N-dealkylation sites (tertiary alicyclic amines) is 1. The van der Waals surface area contributed by atoms with Crippen LogP contribution in [0.2, 0.25) is 0 Å². The van der Waals surface area contributed by atoms with Crippen LogP contribution in [0.15, 0.2) is 18.2 Å². The number of carbonyl (C=O) groups is 1. The van der Waals surface area contributed by atoms with E-state index in [-0.39, 0.29) is 5.91 Å². The van der Waals surface area contributed by atoms with E-state index in [1.54, 1.807) is 6.07 Å². The van der Waals surface area contributed by atoms with E-state index in [4.69, 9.17) is 9.47 Å². The minimum atomic E-state index is 0.0851. The standard InChI is InChI=1S/C16H22N2O3/c1-2-17-13-5-7-18(8-6-13)16(19)12-3-4-14-15(11-12)21-10-9-20-14/h3-4,11,13,17H,2,5-10H2,1H3. The molecule has 2 heterocycles. The quantitative estimate of drug-likeness (QED) is 0.920. The third-order valence-corrected chi connectivity index (χ3v) is 4.06. The van der Waals surface area contributed by atoms with E-state index in [9.17, 15) is 4.79 Å². The number of carbonyl (C=O) groups excluding carboxylic acids is 1. The molecule has 114 valence electrons. The Labute approximate surface area is 125 Å². The van der Waals surface area contributed by atoms with Crippen molar-refractivity contribution in [1.82, 2.24) is 10.2 Å². The lowest BCUT2D eigenvalue weighted by Crippen LogP contribution is -2.44. The molecule has 0 atom stereocenters. The first kappa shape index (κ1) is 14.2. The van der Waals surface area contributed by atoms with Gasteiger partial charge in [0, 0.05) is 24.7 Å².